The number of hydrogen-bond acceptors (Lipinski definition) is 1. The highest BCUT2D eigenvalue weighted by Gasteiger charge is 2.30. The van der Waals surface area contributed by atoms with E-state index in [1.54, 1.807) is 0 Å². The highest BCUT2D eigenvalue weighted by atomic mass is 14.9. The summed E-state index contributed by atoms with van der Waals surface area (Å²) in [6.07, 6.45) is 6.97. The molecule has 3 rings (SSSR count). The zero-order valence-corrected chi connectivity index (χ0v) is 10.1. The van der Waals surface area contributed by atoms with Crippen molar-refractivity contribution in [2.45, 2.75) is 12.0 Å². The molecule has 1 heterocycles. The van der Waals surface area contributed by atoms with Gasteiger partial charge in [-0.2, -0.15) is 0 Å². The number of aliphatic imine (C=N–C) groups is 1. The van der Waals surface area contributed by atoms with Gasteiger partial charge >= 0.3 is 0 Å². The van der Waals surface area contributed by atoms with Gasteiger partial charge in [0.15, 0.2) is 0 Å². The van der Waals surface area contributed by atoms with Crippen molar-refractivity contribution in [3.05, 3.63) is 83.9 Å². The lowest BCUT2D eigenvalue weighted by molar-refractivity contribution is 0.572. The fraction of sp³-hybridized carbons (Fsp3) is 0.118. The SMILES string of the molecule is [c]1cccc(C2(Cc3ccccc3)C=CC=N2)c1. The number of rotatable bonds is 3. The molecule has 2 aromatic rings. The molecule has 1 heteroatoms. The summed E-state index contributed by atoms with van der Waals surface area (Å²) in [6.45, 7) is 0. The lowest BCUT2D eigenvalue weighted by Gasteiger charge is -2.25. The second kappa shape index (κ2) is 4.61. The van der Waals surface area contributed by atoms with E-state index in [-0.39, 0.29) is 5.54 Å². The fourth-order valence-corrected chi connectivity index (χ4v) is 2.37. The second-order valence-electron chi connectivity index (χ2n) is 4.52. The Morgan fingerprint density at radius 1 is 1.06 bits per heavy atom. The average Bonchev–Trinajstić information content (AvgIpc) is 2.91. The van der Waals surface area contributed by atoms with Crippen LogP contribution in [0.25, 0.3) is 0 Å². The highest BCUT2D eigenvalue weighted by molar-refractivity contribution is 5.76. The third-order valence-corrected chi connectivity index (χ3v) is 3.29. The number of benzene rings is 2. The van der Waals surface area contributed by atoms with E-state index in [1.807, 2.05) is 36.6 Å². The van der Waals surface area contributed by atoms with Crippen molar-refractivity contribution in [1.82, 2.24) is 0 Å². The summed E-state index contributed by atoms with van der Waals surface area (Å²) in [5, 5.41) is 0. The molecule has 0 aromatic heterocycles. The molecule has 1 aliphatic rings. The lowest BCUT2D eigenvalue weighted by Crippen LogP contribution is -2.22. The first-order valence-corrected chi connectivity index (χ1v) is 6.13. The standard InChI is InChI=1S/C17H14N/c1-3-8-15(9-4-1)14-17(12-7-13-18-17)16-10-5-2-6-11-16/h1-5,7-13H,14H2. The van der Waals surface area contributed by atoms with E-state index in [4.69, 9.17) is 0 Å². The normalized spacial score (nSPS) is 21.3. The van der Waals surface area contributed by atoms with Gasteiger partial charge in [0.25, 0.3) is 0 Å². The predicted octanol–water partition coefficient (Wildman–Crippen LogP) is 3.57. The zero-order valence-electron chi connectivity index (χ0n) is 10.1. The molecule has 0 saturated heterocycles. The van der Waals surface area contributed by atoms with E-state index in [2.05, 4.69) is 47.5 Å². The van der Waals surface area contributed by atoms with Gasteiger partial charge in [-0.1, -0.05) is 54.6 Å². The van der Waals surface area contributed by atoms with E-state index < -0.39 is 0 Å². The largest absolute Gasteiger partial charge is 0.277 e. The Morgan fingerprint density at radius 2 is 1.94 bits per heavy atom. The molecule has 18 heavy (non-hydrogen) atoms. The van der Waals surface area contributed by atoms with Crippen LogP contribution in [0.5, 0.6) is 0 Å². The van der Waals surface area contributed by atoms with Crippen LogP contribution >= 0.6 is 0 Å². The Kier molecular flexibility index (Phi) is 2.81. The number of nitrogens with zero attached hydrogens (tertiary/aromatic N) is 1. The average molecular weight is 232 g/mol. The van der Waals surface area contributed by atoms with Gasteiger partial charge in [-0.05, 0) is 29.3 Å². The van der Waals surface area contributed by atoms with Gasteiger partial charge in [0.05, 0.1) is 0 Å². The van der Waals surface area contributed by atoms with E-state index in [0.29, 0.717) is 0 Å². The van der Waals surface area contributed by atoms with Crippen LogP contribution in [0.3, 0.4) is 0 Å². The van der Waals surface area contributed by atoms with Crippen LogP contribution in [0, 0.1) is 6.07 Å². The number of hydrogen-bond donors (Lipinski definition) is 0. The van der Waals surface area contributed by atoms with Crippen molar-refractivity contribution in [1.29, 1.82) is 0 Å². The van der Waals surface area contributed by atoms with Gasteiger partial charge in [-0.3, -0.25) is 4.99 Å². The van der Waals surface area contributed by atoms with E-state index in [1.165, 1.54) is 11.1 Å². The Labute approximate surface area is 108 Å². The molecule has 1 atom stereocenters. The minimum atomic E-state index is -0.251. The van der Waals surface area contributed by atoms with Gasteiger partial charge in [-0.15, -0.1) is 0 Å². The topological polar surface area (TPSA) is 12.4 Å². The molecule has 1 nitrogen and oxygen atoms in total. The summed E-state index contributed by atoms with van der Waals surface area (Å²) in [7, 11) is 0. The summed E-state index contributed by atoms with van der Waals surface area (Å²) in [5.74, 6) is 0. The predicted molar refractivity (Wildman–Crippen MR) is 74.7 cm³/mol. The maximum Gasteiger partial charge on any atom is 0.108 e. The summed E-state index contributed by atoms with van der Waals surface area (Å²) >= 11 is 0. The first-order valence-electron chi connectivity index (χ1n) is 6.13. The van der Waals surface area contributed by atoms with Crippen LogP contribution < -0.4 is 0 Å². The minimum Gasteiger partial charge on any atom is -0.277 e. The maximum absolute atomic E-state index is 4.68. The summed E-state index contributed by atoms with van der Waals surface area (Å²) in [5.41, 5.74) is 2.24. The molecule has 0 N–H and O–H groups in total. The number of allylic oxidation sites excluding steroid dienone is 1. The first kappa shape index (κ1) is 11.0. The van der Waals surface area contributed by atoms with E-state index in [0.717, 1.165) is 6.42 Å². The van der Waals surface area contributed by atoms with Crippen molar-refractivity contribution in [3.63, 3.8) is 0 Å². The second-order valence-corrected chi connectivity index (χ2v) is 4.52. The minimum absolute atomic E-state index is 0.251. The van der Waals surface area contributed by atoms with Crippen LogP contribution in [-0.2, 0) is 12.0 Å². The van der Waals surface area contributed by atoms with Crippen LogP contribution in [0.2, 0.25) is 0 Å². The molecule has 1 radical (unpaired) electrons. The molecule has 0 bridgehead atoms. The van der Waals surface area contributed by atoms with Crippen LogP contribution in [-0.4, -0.2) is 6.21 Å². The molecule has 0 saturated carbocycles. The Hall–Kier alpha value is -2.15. The molecule has 87 valence electrons. The van der Waals surface area contributed by atoms with Gasteiger partial charge in [0.2, 0.25) is 0 Å². The van der Waals surface area contributed by atoms with Gasteiger partial charge in [0.1, 0.15) is 5.54 Å². The van der Waals surface area contributed by atoms with Crippen molar-refractivity contribution >= 4 is 6.21 Å². The van der Waals surface area contributed by atoms with E-state index in [9.17, 15) is 0 Å². The third kappa shape index (κ3) is 2.00. The molecule has 2 aromatic carbocycles. The zero-order chi connectivity index (χ0) is 12.3. The van der Waals surface area contributed by atoms with Gasteiger partial charge < -0.3 is 0 Å². The fourth-order valence-electron chi connectivity index (χ4n) is 2.37. The Balaban J connectivity index is 1.99. The Morgan fingerprint density at radius 3 is 2.61 bits per heavy atom. The summed E-state index contributed by atoms with van der Waals surface area (Å²) in [6, 6.07) is 21.7. The molecule has 0 spiro atoms. The first-order chi connectivity index (χ1) is 8.89. The molecule has 1 unspecified atom stereocenters. The van der Waals surface area contributed by atoms with Crippen LogP contribution in [0.15, 0.2) is 71.7 Å². The molecular weight excluding hydrogens is 218 g/mol. The molecule has 0 aliphatic carbocycles. The smallest absolute Gasteiger partial charge is 0.108 e. The van der Waals surface area contributed by atoms with Gasteiger partial charge in [-0.25, -0.2) is 0 Å². The van der Waals surface area contributed by atoms with Crippen LogP contribution in [0.1, 0.15) is 11.1 Å². The molecule has 0 fully saturated rings. The molecular formula is C17H14N. The third-order valence-electron chi connectivity index (χ3n) is 3.29. The van der Waals surface area contributed by atoms with Gasteiger partial charge in [0, 0.05) is 12.6 Å². The molecule has 0 amide bonds. The summed E-state index contributed by atoms with van der Waals surface area (Å²) < 4.78 is 0. The van der Waals surface area contributed by atoms with Crippen molar-refractivity contribution in [2.24, 2.45) is 4.99 Å². The van der Waals surface area contributed by atoms with E-state index >= 15 is 0 Å². The highest BCUT2D eigenvalue weighted by Crippen LogP contribution is 2.33. The monoisotopic (exact) mass is 232 g/mol. The van der Waals surface area contributed by atoms with Crippen LogP contribution in [0.4, 0.5) is 0 Å². The lowest BCUT2D eigenvalue weighted by atomic mass is 9.85. The molecule has 1 aliphatic heterocycles. The summed E-state index contributed by atoms with van der Waals surface area (Å²) in [4.78, 5) is 4.68. The quantitative estimate of drug-likeness (QED) is 0.767. The van der Waals surface area contributed by atoms with Crippen molar-refractivity contribution < 1.29 is 0 Å². The Bertz CT molecular complexity index is 555. The van der Waals surface area contributed by atoms with Crippen molar-refractivity contribution in [2.75, 3.05) is 0 Å². The maximum atomic E-state index is 4.68. The van der Waals surface area contributed by atoms with Crippen molar-refractivity contribution in [3.8, 4) is 0 Å².